The van der Waals surface area contributed by atoms with E-state index in [1.54, 1.807) is 50.5 Å². The van der Waals surface area contributed by atoms with Crippen LogP contribution in [-0.2, 0) is 31.0 Å². The molecule has 0 aliphatic heterocycles. The van der Waals surface area contributed by atoms with Gasteiger partial charge in [0.15, 0.2) is 5.75 Å². The second kappa shape index (κ2) is 20.8. The summed E-state index contributed by atoms with van der Waals surface area (Å²) in [6, 6.07) is 8.06. The lowest BCUT2D eigenvalue weighted by Crippen LogP contribution is -2.23. The van der Waals surface area contributed by atoms with E-state index in [0.717, 1.165) is 12.8 Å². The number of imidazole rings is 2. The fourth-order valence-electron chi connectivity index (χ4n) is 7.48. The summed E-state index contributed by atoms with van der Waals surface area (Å²) in [6.07, 6.45) is 6.99. The van der Waals surface area contributed by atoms with Gasteiger partial charge in [-0.05, 0) is 70.9 Å². The van der Waals surface area contributed by atoms with Gasteiger partial charge in [-0.3, -0.25) is 44.0 Å². The lowest BCUT2D eigenvalue weighted by Gasteiger charge is -2.17. The highest BCUT2D eigenvalue weighted by atomic mass is 16.5. The molecule has 0 aliphatic rings. The van der Waals surface area contributed by atoms with Gasteiger partial charge in [0.05, 0.1) is 41.8 Å². The molecular weight excluding hydrogens is 835 g/mol. The van der Waals surface area contributed by atoms with Crippen molar-refractivity contribution < 1.29 is 33.4 Å². The molecule has 0 saturated heterocycles. The first kappa shape index (κ1) is 47.0. The zero-order chi connectivity index (χ0) is 46.9. The van der Waals surface area contributed by atoms with E-state index in [-0.39, 0.29) is 72.0 Å². The minimum Gasteiger partial charge on any atom is -0.494 e. The van der Waals surface area contributed by atoms with Crippen molar-refractivity contribution in [3.8, 4) is 11.5 Å². The first-order chi connectivity index (χ1) is 31.3. The predicted octanol–water partition coefficient (Wildman–Crippen LogP) is 5.97. The molecule has 0 fully saturated rings. The van der Waals surface area contributed by atoms with E-state index in [4.69, 9.17) is 25.2 Å². The fraction of sp³-hybridized carbons (Fsp3) is 0.400. The number of hydrogen-bond acceptors (Lipinski definition) is 11. The van der Waals surface area contributed by atoms with Gasteiger partial charge in [-0.1, -0.05) is 38.8 Å². The summed E-state index contributed by atoms with van der Waals surface area (Å²) >= 11 is 0. The van der Waals surface area contributed by atoms with E-state index < -0.39 is 23.6 Å². The third kappa shape index (κ3) is 10.2. The number of aryl methyl sites for hydroxylation is 4. The lowest BCUT2D eigenvalue weighted by atomic mass is 10.1. The molecule has 6 rings (SSSR count). The van der Waals surface area contributed by atoms with Crippen LogP contribution in [-0.4, -0.2) is 89.0 Å². The molecule has 20 nitrogen and oxygen atoms in total. The summed E-state index contributed by atoms with van der Waals surface area (Å²) in [4.78, 5) is 76.5. The third-order valence-electron chi connectivity index (χ3n) is 10.6. The average Bonchev–Trinajstić information content (AvgIpc) is 4.05. The molecule has 6 aromatic rings. The highest BCUT2D eigenvalue weighted by Gasteiger charge is 2.28. The molecular formula is C45H57N13O7. The van der Waals surface area contributed by atoms with E-state index in [9.17, 15) is 24.0 Å². The average molecular weight is 892 g/mol. The van der Waals surface area contributed by atoms with Gasteiger partial charge in [-0.25, -0.2) is 9.97 Å². The second-order valence-corrected chi connectivity index (χ2v) is 15.3. The summed E-state index contributed by atoms with van der Waals surface area (Å²) < 4.78 is 18.6. The standard InChI is InChI=1S/C45H57N13O7/c1-9-13-14-17-35(59)48-29-25-31-37(39(65-20-10-2)36(29)43(63)47-7)50-45(52-42(62)33-22-27(6)54-58(33)12-4)55(31)18-15-16-19-56-38-30(23-28(40(46)60)24-34(38)64-8)49-44(56)51-41(61)32-21-26(5)53-57(32)11-3/h15-16,21-25H,9-14,17-20H2,1-8H3,(H2,46,60)(H,47,63)(H,48,59)(H,49,51,61)(H,50,52,62). The van der Waals surface area contributed by atoms with Crippen molar-refractivity contribution in [2.75, 3.05) is 36.7 Å². The number of methoxy groups -OCH3 is 1. The molecule has 20 heteroatoms. The van der Waals surface area contributed by atoms with Crippen molar-refractivity contribution in [1.29, 1.82) is 0 Å². The Balaban J connectivity index is 1.47. The minimum absolute atomic E-state index is 0.0993. The quantitative estimate of drug-likeness (QED) is 0.0416. The van der Waals surface area contributed by atoms with Crippen molar-refractivity contribution in [2.45, 2.75) is 99.8 Å². The number of carbonyl (C=O) groups excluding carboxylic acids is 5. The van der Waals surface area contributed by atoms with Crippen LogP contribution in [0.25, 0.3) is 22.1 Å². The number of allylic oxidation sites excluding steroid dienone is 2. The number of benzene rings is 2. The number of aromatic nitrogens is 8. The van der Waals surface area contributed by atoms with Crippen LogP contribution in [0, 0.1) is 13.8 Å². The van der Waals surface area contributed by atoms with Crippen LogP contribution >= 0.6 is 0 Å². The van der Waals surface area contributed by atoms with Gasteiger partial charge in [-0.2, -0.15) is 10.2 Å². The van der Waals surface area contributed by atoms with Crippen LogP contribution in [0.5, 0.6) is 11.5 Å². The maximum atomic E-state index is 14.0. The number of carbonyl (C=O) groups is 5. The number of hydrogen-bond donors (Lipinski definition) is 5. The Morgan fingerprint density at radius 3 is 1.92 bits per heavy atom. The summed E-state index contributed by atoms with van der Waals surface area (Å²) in [6.45, 7) is 12.7. The third-order valence-corrected chi connectivity index (χ3v) is 10.6. The van der Waals surface area contributed by atoms with E-state index >= 15 is 0 Å². The molecule has 0 spiro atoms. The van der Waals surface area contributed by atoms with Crippen LogP contribution < -0.4 is 36.5 Å². The maximum Gasteiger partial charge on any atom is 0.276 e. The molecule has 0 bridgehead atoms. The lowest BCUT2D eigenvalue weighted by molar-refractivity contribution is -0.116. The Kier molecular flexibility index (Phi) is 15.0. The second-order valence-electron chi connectivity index (χ2n) is 15.3. The van der Waals surface area contributed by atoms with Crippen LogP contribution in [0.3, 0.4) is 0 Å². The summed E-state index contributed by atoms with van der Waals surface area (Å²) in [5.41, 5.74) is 9.71. The Bertz CT molecular complexity index is 2790. The molecule has 0 aliphatic carbocycles. The van der Waals surface area contributed by atoms with Gasteiger partial charge in [0.2, 0.25) is 23.7 Å². The summed E-state index contributed by atoms with van der Waals surface area (Å²) in [5.74, 6) is -1.60. The number of nitrogens with zero attached hydrogens (tertiary/aromatic N) is 8. The van der Waals surface area contributed by atoms with E-state index in [2.05, 4.69) is 31.5 Å². The van der Waals surface area contributed by atoms with Gasteiger partial charge in [0, 0.05) is 45.2 Å². The van der Waals surface area contributed by atoms with Crippen LogP contribution in [0.2, 0.25) is 0 Å². The largest absolute Gasteiger partial charge is 0.494 e. The van der Waals surface area contributed by atoms with Gasteiger partial charge in [0.25, 0.3) is 17.7 Å². The Labute approximate surface area is 375 Å². The van der Waals surface area contributed by atoms with Gasteiger partial charge < -0.3 is 35.0 Å². The van der Waals surface area contributed by atoms with Crippen molar-refractivity contribution in [3.63, 3.8) is 0 Å². The zero-order valence-corrected chi connectivity index (χ0v) is 38.1. The normalized spacial score (nSPS) is 11.4. The SMILES string of the molecule is CCCCCC(=O)Nc1cc2c(nc(NC(=O)c3cc(C)nn3CC)n2CC=CCn2c(NC(=O)c3cc(C)nn3CC)nc3cc(C(N)=O)cc(OC)c32)c(OCCC)c1C(=O)NC. The highest BCUT2D eigenvalue weighted by Crippen LogP contribution is 2.38. The smallest absolute Gasteiger partial charge is 0.276 e. The van der Waals surface area contributed by atoms with Gasteiger partial charge in [-0.15, -0.1) is 0 Å². The molecule has 0 radical (unpaired) electrons. The Morgan fingerprint density at radius 2 is 1.37 bits per heavy atom. The maximum absolute atomic E-state index is 14.0. The van der Waals surface area contributed by atoms with Crippen LogP contribution in [0.4, 0.5) is 17.6 Å². The number of ether oxygens (including phenoxy) is 2. The number of amides is 5. The molecule has 5 amide bonds. The van der Waals surface area contributed by atoms with Crippen LogP contribution in [0.15, 0.2) is 42.5 Å². The molecule has 2 aromatic carbocycles. The van der Waals surface area contributed by atoms with Gasteiger partial charge >= 0.3 is 0 Å². The number of fused-ring (bicyclic) bond motifs is 2. The molecule has 0 atom stereocenters. The van der Waals surface area contributed by atoms with Crippen molar-refractivity contribution in [2.24, 2.45) is 5.73 Å². The summed E-state index contributed by atoms with van der Waals surface area (Å²) in [7, 11) is 2.95. The van der Waals surface area contributed by atoms with Crippen molar-refractivity contribution in [3.05, 3.63) is 76.4 Å². The summed E-state index contributed by atoms with van der Waals surface area (Å²) in [5, 5.41) is 20.3. The molecule has 0 unspecified atom stereocenters. The van der Waals surface area contributed by atoms with E-state index in [1.807, 2.05) is 39.8 Å². The number of primary amides is 1. The molecule has 6 N–H and O–H groups in total. The van der Waals surface area contributed by atoms with Crippen LogP contribution in [0.1, 0.15) is 113 Å². The molecule has 4 aromatic heterocycles. The topological polar surface area (TPSA) is 249 Å². The molecule has 344 valence electrons. The van der Waals surface area contributed by atoms with Crippen molar-refractivity contribution in [1.82, 2.24) is 44.0 Å². The minimum atomic E-state index is -0.679. The molecule has 0 saturated carbocycles. The first-order valence-electron chi connectivity index (χ1n) is 21.7. The molecule has 65 heavy (non-hydrogen) atoms. The van der Waals surface area contributed by atoms with Gasteiger partial charge in [0.1, 0.15) is 33.7 Å². The Morgan fingerprint density at radius 1 is 0.754 bits per heavy atom. The number of rotatable bonds is 21. The number of unbranched alkanes of at least 4 members (excludes halogenated alkanes) is 2. The predicted molar refractivity (Wildman–Crippen MR) is 247 cm³/mol. The first-order valence-corrected chi connectivity index (χ1v) is 21.7. The zero-order valence-electron chi connectivity index (χ0n) is 38.1. The highest BCUT2D eigenvalue weighted by molar-refractivity contribution is 6.11. The van der Waals surface area contributed by atoms with E-state index in [0.29, 0.717) is 71.0 Å². The number of nitrogens with one attached hydrogen (secondary N) is 4. The fourth-order valence-corrected chi connectivity index (χ4v) is 7.48. The number of nitrogens with two attached hydrogens (primary N) is 1. The van der Waals surface area contributed by atoms with E-state index in [1.165, 1.54) is 26.3 Å². The monoisotopic (exact) mass is 891 g/mol. The number of anilines is 3. The van der Waals surface area contributed by atoms with Crippen molar-refractivity contribution >= 4 is 69.2 Å². The Hall–Kier alpha value is -7.51. The molecule has 4 heterocycles.